The molecule has 0 unspecified atom stereocenters. The lowest BCUT2D eigenvalue weighted by Crippen LogP contribution is -2.35. The molecule has 7 heteroatoms. The first kappa shape index (κ1) is 13.4. The van der Waals surface area contributed by atoms with Crippen molar-refractivity contribution in [2.24, 2.45) is 5.92 Å². The predicted octanol–water partition coefficient (Wildman–Crippen LogP) is 2.95. The van der Waals surface area contributed by atoms with Crippen molar-refractivity contribution in [1.29, 1.82) is 0 Å². The normalized spacial score (nSPS) is 23.6. The van der Waals surface area contributed by atoms with Gasteiger partial charge in [0.2, 0.25) is 0 Å². The van der Waals surface area contributed by atoms with E-state index in [1.165, 1.54) is 6.07 Å². The molecule has 1 aliphatic carbocycles. The Kier molecular flexibility index (Phi) is 3.66. The van der Waals surface area contributed by atoms with E-state index in [4.69, 9.17) is 11.6 Å². The maximum atomic E-state index is 12.3. The fourth-order valence-electron chi connectivity index (χ4n) is 1.96. The van der Waals surface area contributed by atoms with Crippen LogP contribution in [0, 0.1) is 5.92 Å². The number of hydrogen-bond acceptors (Lipinski definition) is 3. The zero-order valence-corrected chi connectivity index (χ0v) is 10.5. The molecule has 0 atom stereocenters. The smallest absolute Gasteiger partial charge is 0.358 e. The van der Waals surface area contributed by atoms with E-state index in [2.05, 4.69) is 10.2 Å². The van der Waals surface area contributed by atoms with E-state index in [9.17, 15) is 13.2 Å². The van der Waals surface area contributed by atoms with Gasteiger partial charge in [0.15, 0.2) is 11.5 Å². The summed E-state index contributed by atoms with van der Waals surface area (Å²) in [6, 6.07) is 2.29. The standard InChI is InChI=1S/C11H13ClF3N3/c1-18(6-7-4-8(12)5-7)10-3-2-9(16-17-10)11(13,14)15/h2-3,7-8H,4-6H2,1H3. The second-order valence-electron chi connectivity index (χ2n) is 4.59. The summed E-state index contributed by atoms with van der Waals surface area (Å²) >= 11 is 5.87. The summed E-state index contributed by atoms with van der Waals surface area (Å²) in [5.74, 6) is 0.933. The molecule has 0 spiro atoms. The molecule has 0 aliphatic heterocycles. The third-order valence-corrected chi connectivity index (χ3v) is 3.40. The van der Waals surface area contributed by atoms with Crippen LogP contribution < -0.4 is 4.90 Å². The molecule has 1 fully saturated rings. The Morgan fingerprint density at radius 1 is 1.33 bits per heavy atom. The predicted molar refractivity (Wildman–Crippen MR) is 62.7 cm³/mol. The van der Waals surface area contributed by atoms with E-state index in [-0.39, 0.29) is 5.38 Å². The van der Waals surface area contributed by atoms with Gasteiger partial charge in [-0.15, -0.1) is 21.8 Å². The van der Waals surface area contributed by atoms with Gasteiger partial charge in [-0.3, -0.25) is 0 Å². The molecule has 100 valence electrons. The lowest BCUT2D eigenvalue weighted by molar-refractivity contribution is -0.141. The van der Waals surface area contributed by atoms with Gasteiger partial charge in [-0.05, 0) is 30.9 Å². The molecular weight excluding hydrogens is 267 g/mol. The van der Waals surface area contributed by atoms with Crippen LogP contribution in [0.25, 0.3) is 0 Å². The maximum Gasteiger partial charge on any atom is 0.435 e. The van der Waals surface area contributed by atoms with E-state index < -0.39 is 11.9 Å². The van der Waals surface area contributed by atoms with E-state index in [1.807, 2.05) is 0 Å². The van der Waals surface area contributed by atoms with Gasteiger partial charge in [0.05, 0.1) is 0 Å². The Hall–Kier alpha value is -1.04. The summed E-state index contributed by atoms with van der Waals surface area (Å²) in [5, 5.41) is 7.03. The van der Waals surface area contributed by atoms with E-state index in [0.717, 1.165) is 25.5 Å². The number of anilines is 1. The van der Waals surface area contributed by atoms with Gasteiger partial charge in [0.1, 0.15) is 0 Å². The van der Waals surface area contributed by atoms with Crippen molar-refractivity contribution < 1.29 is 13.2 Å². The van der Waals surface area contributed by atoms with Gasteiger partial charge in [-0.25, -0.2) is 0 Å². The Balaban J connectivity index is 1.96. The number of aromatic nitrogens is 2. The molecule has 2 rings (SSSR count). The second kappa shape index (κ2) is 4.91. The summed E-state index contributed by atoms with van der Waals surface area (Å²) in [6.07, 6.45) is -2.55. The number of halogens is 4. The number of hydrogen-bond donors (Lipinski definition) is 0. The highest BCUT2D eigenvalue weighted by molar-refractivity contribution is 6.21. The quantitative estimate of drug-likeness (QED) is 0.797. The van der Waals surface area contributed by atoms with Gasteiger partial charge >= 0.3 is 6.18 Å². The average molecular weight is 280 g/mol. The highest BCUT2D eigenvalue weighted by Crippen LogP contribution is 2.33. The number of alkyl halides is 4. The number of nitrogens with zero attached hydrogens (tertiary/aromatic N) is 3. The largest absolute Gasteiger partial charge is 0.435 e. The molecule has 0 aromatic carbocycles. The van der Waals surface area contributed by atoms with Gasteiger partial charge in [-0.2, -0.15) is 13.2 Å². The van der Waals surface area contributed by atoms with Crippen molar-refractivity contribution in [3.8, 4) is 0 Å². The molecule has 0 bridgehead atoms. The summed E-state index contributed by atoms with van der Waals surface area (Å²) in [6.45, 7) is 0.739. The second-order valence-corrected chi connectivity index (χ2v) is 5.21. The minimum Gasteiger partial charge on any atom is -0.358 e. The SMILES string of the molecule is CN(CC1CC(Cl)C1)c1ccc(C(F)(F)F)nn1. The third-order valence-electron chi connectivity index (χ3n) is 3.04. The van der Waals surface area contributed by atoms with Crippen molar-refractivity contribution in [2.45, 2.75) is 24.4 Å². The van der Waals surface area contributed by atoms with Gasteiger partial charge in [0.25, 0.3) is 0 Å². The molecule has 1 aliphatic rings. The molecule has 0 N–H and O–H groups in total. The molecule has 1 saturated carbocycles. The lowest BCUT2D eigenvalue weighted by Gasteiger charge is -2.34. The summed E-state index contributed by atoms with van der Waals surface area (Å²) in [5.41, 5.74) is -0.968. The van der Waals surface area contributed by atoms with Crippen LogP contribution in [-0.2, 0) is 6.18 Å². The first-order chi connectivity index (χ1) is 8.36. The zero-order valence-electron chi connectivity index (χ0n) is 9.78. The maximum absolute atomic E-state index is 12.3. The van der Waals surface area contributed by atoms with Crippen molar-refractivity contribution in [3.05, 3.63) is 17.8 Å². The minimum atomic E-state index is -4.44. The first-order valence-electron chi connectivity index (χ1n) is 5.62. The summed E-state index contributed by atoms with van der Waals surface area (Å²) in [7, 11) is 1.79. The zero-order chi connectivity index (χ0) is 13.3. The van der Waals surface area contributed by atoms with Crippen molar-refractivity contribution in [2.75, 3.05) is 18.5 Å². The van der Waals surface area contributed by atoms with Crippen molar-refractivity contribution in [1.82, 2.24) is 10.2 Å². The van der Waals surface area contributed by atoms with E-state index in [1.54, 1.807) is 11.9 Å². The molecule has 3 nitrogen and oxygen atoms in total. The molecule has 0 amide bonds. The van der Waals surface area contributed by atoms with Crippen LogP contribution in [0.4, 0.5) is 19.0 Å². The van der Waals surface area contributed by atoms with Crippen LogP contribution in [0.15, 0.2) is 12.1 Å². The minimum absolute atomic E-state index is 0.238. The van der Waals surface area contributed by atoms with E-state index in [0.29, 0.717) is 11.7 Å². The summed E-state index contributed by atoms with van der Waals surface area (Å²) < 4.78 is 36.9. The molecule has 1 aromatic heterocycles. The monoisotopic (exact) mass is 279 g/mol. The third kappa shape index (κ3) is 3.04. The van der Waals surface area contributed by atoms with Gasteiger partial charge in [0, 0.05) is 19.0 Å². The Morgan fingerprint density at radius 3 is 2.44 bits per heavy atom. The van der Waals surface area contributed by atoms with Gasteiger partial charge in [-0.1, -0.05) is 0 Å². The lowest BCUT2D eigenvalue weighted by atomic mass is 9.84. The Labute approximate surface area is 108 Å². The van der Waals surface area contributed by atoms with Crippen molar-refractivity contribution >= 4 is 17.4 Å². The average Bonchev–Trinajstić information content (AvgIpc) is 2.26. The van der Waals surface area contributed by atoms with Crippen molar-refractivity contribution in [3.63, 3.8) is 0 Å². The Bertz CT molecular complexity index is 401. The molecular formula is C11H13ClF3N3. The molecule has 18 heavy (non-hydrogen) atoms. The van der Waals surface area contributed by atoms with Gasteiger partial charge < -0.3 is 4.90 Å². The van der Waals surface area contributed by atoms with E-state index >= 15 is 0 Å². The summed E-state index contributed by atoms with van der Waals surface area (Å²) in [4.78, 5) is 1.81. The van der Waals surface area contributed by atoms with Crippen LogP contribution in [0.5, 0.6) is 0 Å². The highest BCUT2D eigenvalue weighted by atomic mass is 35.5. The molecule has 0 saturated heterocycles. The fourth-order valence-corrected chi connectivity index (χ4v) is 2.47. The number of rotatable bonds is 3. The van der Waals surface area contributed by atoms with Crippen LogP contribution >= 0.6 is 11.6 Å². The molecule has 1 aromatic rings. The topological polar surface area (TPSA) is 29.0 Å². The highest BCUT2D eigenvalue weighted by Gasteiger charge is 2.33. The van der Waals surface area contributed by atoms with Crippen LogP contribution in [-0.4, -0.2) is 29.2 Å². The fraction of sp³-hybridized carbons (Fsp3) is 0.636. The molecule has 1 heterocycles. The molecule has 0 radical (unpaired) electrons. The van der Waals surface area contributed by atoms with Crippen LogP contribution in [0.3, 0.4) is 0 Å². The van der Waals surface area contributed by atoms with Crippen LogP contribution in [0.1, 0.15) is 18.5 Å². The van der Waals surface area contributed by atoms with Crippen LogP contribution in [0.2, 0.25) is 0 Å². The Morgan fingerprint density at radius 2 is 2.00 bits per heavy atom. The first-order valence-corrected chi connectivity index (χ1v) is 6.06.